The van der Waals surface area contributed by atoms with Crippen molar-refractivity contribution in [2.24, 2.45) is 0 Å². The SMILES string of the molecule is Cc1c(Cl)cccc1C(O)c1c(F)cccc1F. The lowest BCUT2D eigenvalue weighted by Crippen LogP contribution is -2.07. The standard InChI is InChI=1S/C14H11ClF2O/c1-8-9(4-2-5-10(8)15)14(18)13-11(16)6-3-7-12(13)17/h2-7,14,18H,1H3. The average molecular weight is 269 g/mol. The van der Waals surface area contributed by atoms with Gasteiger partial charge in [-0.1, -0.05) is 29.8 Å². The van der Waals surface area contributed by atoms with Crippen molar-refractivity contribution in [1.82, 2.24) is 0 Å². The van der Waals surface area contributed by atoms with Crippen molar-refractivity contribution in [3.63, 3.8) is 0 Å². The normalized spacial score (nSPS) is 12.5. The molecule has 1 nitrogen and oxygen atoms in total. The number of halogens is 3. The second kappa shape index (κ2) is 5.04. The fraction of sp³-hybridized carbons (Fsp3) is 0.143. The molecule has 18 heavy (non-hydrogen) atoms. The van der Waals surface area contributed by atoms with E-state index in [0.29, 0.717) is 16.1 Å². The van der Waals surface area contributed by atoms with Crippen LogP contribution in [0.5, 0.6) is 0 Å². The second-order valence-corrected chi connectivity index (χ2v) is 4.40. The minimum absolute atomic E-state index is 0.358. The summed E-state index contributed by atoms with van der Waals surface area (Å²) in [5, 5.41) is 10.6. The van der Waals surface area contributed by atoms with Crippen LogP contribution in [0.25, 0.3) is 0 Å². The zero-order chi connectivity index (χ0) is 13.3. The summed E-state index contributed by atoms with van der Waals surface area (Å²) >= 11 is 5.93. The highest BCUT2D eigenvalue weighted by atomic mass is 35.5. The Morgan fingerprint density at radius 2 is 1.61 bits per heavy atom. The third-order valence-electron chi connectivity index (χ3n) is 2.88. The van der Waals surface area contributed by atoms with Gasteiger partial charge in [-0.2, -0.15) is 0 Å². The first-order valence-corrected chi connectivity index (χ1v) is 5.77. The maximum atomic E-state index is 13.6. The van der Waals surface area contributed by atoms with Crippen molar-refractivity contribution in [2.75, 3.05) is 0 Å². The summed E-state index contributed by atoms with van der Waals surface area (Å²) in [4.78, 5) is 0. The lowest BCUT2D eigenvalue weighted by molar-refractivity contribution is 0.208. The quantitative estimate of drug-likeness (QED) is 0.873. The monoisotopic (exact) mass is 268 g/mol. The van der Waals surface area contributed by atoms with Crippen molar-refractivity contribution in [3.05, 3.63) is 69.7 Å². The van der Waals surface area contributed by atoms with E-state index in [2.05, 4.69) is 0 Å². The van der Waals surface area contributed by atoms with Crippen LogP contribution < -0.4 is 0 Å². The van der Waals surface area contributed by atoms with Crippen LogP contribution in [-0.2, 0) is 0 Å². The molecule has 94 valence electrons. The van der Waals surface area contributed by atoms with Crippen molar-refractivity contribution >= 4 is 11.6 Å². The van der Waals surface area contributed by atoms with Crippen molar-refractivity contribution in [1.29, 1.82) is 0 Å². The number of hydrogen-bond donors (Lipinski definition) is 1. The van der Waals surface area contributed by atoms with Crippen LogP contribution in [0.15, 0.2) is 36.4 Å². The van der Waals surface area contributed by atoms with Crippen molar-refractivity contribution in [3.8, 4) is 0 Å². The van der Waals surface area contributed by atoms with Gasteiger partial charge in [0.1, 0.15) is 17.7 Å². The van der Waals surface area contributed by atoms with Crippen LogP contribution in [0, 0.1) is 18.6 Å². The Balaban J connectivity index is 2.55. The van der Waals surface area contributed by atoms with Crippen LogP contribution in [0.1, 0.15) is 22.8 Å². The zero-order valence-electron chi connectivity index (χ0n) is 9.62. The summed E-state index contributed by atoms with van der Waals surface area (Å²) in [6.07, 6.45) is -1.37. The molecule has 2 aromatic carbocycles. The molecule has 0 amide bonds. The molecule has 0 heterocycles. The highest BCUT2D eigenvalue weighted by molar-refractivity contribution is 6.31. The highest BCUT2D eigenvalue weighted by Gasteiger charge is 2.21. The van der Waals surface area contributed by atoms with E-state index in [4.69, 9.17) is 11.6 Å². The smallest absolute Gasteiger partial charge is 0.132 e. The maximum absolute atomic E-state index is 13.6. The van der Waals surface area contributed by atoms with Crippen LogP contribution in [0.4, 0.5) is 8.78 Å². The Kier molecular flexibility index (Phi) is 3.64. The Labute approximate surface area is 109 Å². The van der Waals surface area contributed by atoms with Crippen LogP contribution in [0.3, 0.4) is 0 Å². The van der Waals surface area contributed by atoms with E-state index >= 15 is 0 Å². The fourth-order valence-corrected chi connectivity index (χ4v) is 2.03. The molecule has 0 radical (unpaired) electrons. The number of benzene rings is 2. The first kappa shape index (κ1) is 13.0. The van der Waals surface area contributed by atoms with Gasteiger partial charge in [0.2, 0.25) is 0 Å². The molecule has 0 aliphatic heterocycles. The third kappa shape index (κ3) is 2.24. The van der Waals surface area contributed by atoms with E-state index in [-0.39, 0.29) is 5.56 Å². The van der Waals surface area contributed by atoms with E-state index in [1.165, 1.54) is 6.07 Å². The summed E-state index contributed by atoms with van der Waals surface area (Å²) in [7, 11) is 0. The minimum Gasteiger partial charge on any atom is -0.383 e. The Hall–Kier alpha value is -1.45. The van der Waals surface area contributed by atoms with Gasteiger partial charge < -0.3 is 5.11 Å². The number of aliphatic hydroxyl groups is 1. The van der Waals surface area contributed by atoms with Gasteiger partial charge in [-0.15, -0.1) is 0 Å². The highest BCUT2D eigenvalue weighted by Crippen LogP contribution is 2.31. The van der Waals surface area contributed by atoms with Gasteiger partial charge in [0, 0.05) is 5.02 Å². The molecule has 0 aliphatic rings. The van der Waals surface area contributed by atoms with Gasteiger partial charge in [0.25, 0.3) is 0 Å². The van der Waals surface area contributed by atoms with Gasteiger partial charge in [0.15, 0.2) is 0 Å². The number of aliphatic hydroxyl groups excluding tert-OH is 1. The van der Waals surface area contributed by atoms with Gasteiger partial charge in [-0.05, 0) is 36.2 Å². The molecule has 0 aromatic heterocycles. The predicted octanol–water partition coefficient (Wildman–Crippen LogP) is 4.01. The topological polar surface area (TPSA) is 20.2 Å². The molecule has 2 aromatic rings. The summed E-state index contributed by atoms with van der Waals surface area (Å²) in [5.41, 5.74) is 0.642. The molecule has 0 spiro atoms. The van der Waals surface area contributed by atoms with Crippen LogP contribution >= 0.6 is 11.6 Å². The van der Waals surface area contributed by atoms with Crippen molar-refractivity contribution in [2.45, 2.75) is 13.0 Å². The zero-order valence-corrected chi connectivity index (χ0v) is 10.4. The summed E-state index contributed by atoms with van der Waals surface area (Å²) in [5.74, 6) is -1.55. The molecule has 0 aliphatic carbocycles. The number of rotatable bonds is 2. The predicted molar refractivity (Wildman–Crippen MR) is 66.6 cm³/mol. The molecule has 0 saturated heterocycles. The first-order chi connectivity index (χ1) is 8.52. The van der Waals surface area contributed by atoms with Gasteiger partial charge in [-0.3, -0.25) is 0 Å². The molecular weight excluding hydrogens is 258 g/mol. The van der Waals surface area contributed by atoms with Gasteiger partial charge >= 0.3 is 0 Å². The van der Waals surface area contributed by atoms with Crippen molar-refractivity contribution < 1.29 is 13.9 Å². The van der Waals surface area contributed by atoms with E-state index in [1.807, 2.05) is 0 Å². The average Bonchev–Trinajstić information content (AvgIpc) is 2.32. The summed E-state index contributed by atoms with van der Waals surface area (Å²) < 4.78 is 27.2. The minimum atomic E-state index is -1.37. The Morgan fingerprint density at radius 1 is 1.06 bits per heavy atom. The first-order valence-electron chi connectivity index (χ1n) is 5.39. The molecule has 0 fully saturated rings. The van der Waals surface area contributed by atoms with Gasteiger partial charge in [0.05, 0.1) is 5.56 Å². The van der Waals surface area contributed by atoms with E-state index in [0.717, 1.165) is 12.1 Å². The molecule has 2 rings (SSSR count). The number of hydrogen-bond acceptors (Lipinski definition) is 1. The molecule has 0 bridgehead atoms. The molecular formula is C14H11ClF2O. The second-order valence-electron chi connectivity index (χ2n) is 3.99. The molecule has 4 heteroatoms. The fourth-order valence-electron chi connectivity index (χ4n) is 1.85. The largest absolute Gasteiger partial charge is 0.383 e. The Bertz CT molecular complexity index is 564. The molecule has 1 N–H and O–H groups in total. The van der Waals surface area contributed by atoms with E-state index < -0.39 is 17.7 Å². The lowest BCUT2D eigenvalue weighted by Gasteiger charge is -2.16. The summed E-state index contributed by atoms with van der Waals surface area (Å²) in [6.45, 7) is 1.69. The lowest BCUT2D eigenvalue weighted by atomic mass is 9.97. The van der Waals surface area contributed by atoms with Crippen LogP contribution in [0.2, 0.25) is 5.02 Å². The van der Waals surface area contributed by atoms with Gasteiger partial charge in [-0.25, -0.2) is 8.78 Å². The van der Waals surface area contributed by atoms with E-state index in [9.17, 15) is 13.9 Å². The maximum Gasteiger partial charge on any atom is 0.132 e. The van der Waals surface area contributed by atoms with Crippen LogP contribution in [-0.4, -0.2) is 5.11 Å². The third-order valence-corrected chi connectivity index (χ3v) is 3.29. The molecule has 1 unspecified atom stereocenters. The molecule has 0 saturated carbocycles. The Morgan fingerprint density at radius 3 is 2.22 bits per heavy atom. The van der Waals surface area contributed by atoms with E-state index in [1.54, 1.807) is 25.1 Å². The molecule has 1 atom stereocenters. The summed E-state index contributed by atoms with van der Waals surface area (Å²) in [6, 6.07) is 8.37.